The highest BCUT2D eigenvalue weighted by Crippen LogP contribution is 2.16. The van der Waals surface area contributed by atoms with Gasteiger partial charge in [-0.3, -0.25) is 9.59 Å². The summed E-state index contributed by atoms with van der Waals surface area (Å²) >= 11 is 0. The quantitative estimate of drug-likeness (QED) is 0.773. The molecule has 1 atom stereocenters. The number of nitrogens with one attached hydrogen (secondary N) is 3. The van der Waals surface area contributed by atoms with Crippen LogP contribution in [0.3, 0.4) is 0 Å². The van der Waals surface area contributed by atoms with E-state index in [1.807, 2.05) is 19.9 Å². The predicted molar refractivity (Wildman–Crippen MR) is 83.3 cm³/mol. The van der Waals surface area contributed by atoms with Gasteiger partial charge in [-0.15, -0.1) is 0 Å². The molecule has 2 rings (SSSR count). The lowest BCUT2D eigenvalue weighted by Crippen LogP contribution is -2.36. The van der Waals surface area contributed by atoms with Gasteiger partial charge in [0.1, 0.15) is 0 Å². The first-order chi connectivity index (χ1) is 10.1. The molecule has 0 aromatic heterocycles. The van der Waals surface area contributed by atoms with Gasteiger partial charge in [0, 0.05) is 6.54 Å². The Balaban J connectivity index is 2.05. The summed E-state index contributed by atoms with van der Waals surface area (Å²) in [5.74, 6) is 0.161. The van der Waals surface area contributed by atoms with E-state index in [4.69, 9.17) is 0 Å². The highest BCUT2D eigenvalue weighted by atomic mass is 16.2. The summed E-state index contributed by atoms with van der Waals surface area (Å²) in [6.45, 7) is 5.57. The molecule has 0 bridgehead atoms. The Kier molecular flexibility index (Phi) is 5.33. The number of anilines is 1. The number of amides is 2. The molecule has 0 saturated carbocycles. The van der Waals surface area contributed by atoms with Gasteiger partial charge in [0.15, 0.2) is 0 Å². The molecule has 0 unspecified atom stereocenters. The molecule has 1 heterocycles. The van der Waals surface area contributed by atoms with Crippen molar-refractivity contribution < 1.29 is 9.59 Å². The first kappa shape index (κ1) is 15.5. The van der Waals surface area contributed by atoms with Crippen molar-refractivity contribution in [2.75, 3.05) is 18.4 Å². The maximum absolute atomic E-state index is 12.2. The fourth-order valence-corrected chi connectivity index (χ4v) is 2.31. The average Bonchev–Trinajstić information content (AvgIpc) is 2.99. The van der Waals surface area contributed by atoms with Gasteiger partial charge in [-0.25, -0.2) is 0 Å². The van der Waals surface area contributed by atoms with E-state index in [1.165, 1.54) is 0 Å². The molecule has 1 saturated heterocycles. The second kappa shape index (κ2) is 7.22. The van der Waals surface area contributed by atoms with Crippen molar-refractivity contribution in [3.05, 3.63) is 29.8 Å². The van der Waals surface area contributed by atoms with Crippen LogP contribution in [0.15, 0.2) is 24.3 Å². The maximum Gasteiger partial charge on any atom is 0.253 e. The van der Waals surface area contributed by atoms with Gasteiger partial charge in [0.2, 0.25) is 5.91 Å². The Bertz CT molecular complexity index is 508. The van der Waals surface area contributed by atoms with Gasteiger partial charge in [-0.05, 0) is 37.4 Å². The van der Waals surface area contributed by atoms with Gasteiger partial charge in [0.05, 0.1) is 17.3 Å². The van der Waals surface area contributed by atoms with Crippen molar-refractivity contribution in [3.63, 3.8) is 0 Å². The highest BCUT2D eigenvalue weighted by molar-refractivity contribution is 6.04. The second-order valence-corrected chi connectivity index (χ2v) is 5.79. The molecular formula is C16H23N3O2. The van der Waals surface area contributed by atoms with Crippen LogP contribution >= 0.6 is 0 Å². The summed E-state index contributed by atoms with van der Waals surface area (Å²) < 4.78 is 0. The molecule has 5 heteroatoms. The molecule has 1 aliphatic rings. The van der Waals surface area contributed by atoms with Crippen molar-refractivity contribution in [1.82, 2.24) is 10.6 Å². The van der Waals surface area contributed by atoms with E-state index in [9.17, 15) is 9.59 Å². The fraction of sp³-hybridized carbons (Fsp3) is 0.500. The molecule has 0 aliphatic carbocycles. The van der Waals surface area contributed by atoms with Crippen molar-refractivity contribution in [2.45, 2.75) is 32.7 Å². The van der Waals surface area contributed by atoms with Crippen LogP contribution in [0.1, 0.15) is 37.0 Å². The first-order valence-corrected chi connectivity index (χ1v) is 7.49. The van der Waals surface area contributed by atoms with Gasteiger partial charge in [-0.2, -0.15) is 0 Å². The Morgan fingerprint density at radius 1 is 1.33 bits per heavy atom. The largest absolute Gasteiger partial charge is 0.352 e. The van der Waals surface area contributed by atoms with Gasteiger partial charge >= 0.3 is 0 Å². The lowest BCUT2D eigenvalue weighted by atomic mass is 10.1. The summed E-state index contributed by atoms with van der Waals surface area (Å²) in [5, 5.41) is 8.89. The Morgan fingerprint density at radius 2 is 2.10 bits per heavy atom. The minimum atomic E-state index is -0.156. The molecule has 114 valence electrons. The summed E-state index contributed by atoms with van der Waals surface area (Å²) in [4.78, 5) is 24.3. The number of rotatable bonds is 5. The Morgan fingerprint density at radius 3 is 2.76 bits per heavy atom. The Labute approximate surface area is 125 Å². The smallest absolute Gasteiger partial charge is 0.253 e. The van der Waals surface area contributed by atoms with Crippen LogP contribution in [0.25, 0.3) is 0 Å². The zero-order valence-electron chi connectivity index (χ0n) is 12.6. The number of carbonyl (C=O) groups is 2. The van der Waals surface area contributed by atoms with E-state index in [1.54, 1.807) is 18.2 Å². The normalized spacial score (nSPS) is 17.8. The predicted octanol–water partition coefficient (Wildman–Crippen LogP) is 1.76. The van der Waals surface area contributed by atoms with Crippen LogP contribution < -0.4 is 16.0 Å². The fourth-order valence-electron chi connectivity index (χ4n) is 2.31. The maximum atomic E-state index is 12.2. The minimum absolute atomic E-state index is 0.0726. The van der Waals surface area contributed by atoms with Crippen molar-refractivity contribution >= 4 is 17.5 Å². The number of benzene rings is 1. The topological polar surface area (TPSA) is 70.2 Å². The molecule has 2 amide bonds. The van der Waals surface area contributed by atoms with E-state index >= 15 is 0 Å². The summed E-state index contributed by atoms with van der Waals surface area (Å²) in [5.41, 5.74) is 1.07. The molecule has 1 aliphatic heterocycles. The summed E-state index contributed by atoms with van der Waals surface area (Å²) in [6.07, 6.45) is 1.85. The molecule has 0 radical (unpaired) electrons. The molecule has 1 fully saturated rings. The lowest BCUT2D eigenvalue weighted by molar-refractivity contribution is -0.117. The van der Waals surface area contributed by atoms with Crippen molar-refractivity contribution in [3.8, 4) is 0 Å². The van der Waals surface area contributed by atoms with Gasteiger partial charge in [-0.1, -0.05) is 26.0 Å². The van der Waals surface area contributed by atoms with Gasteiger partial charge < -0.3 is 16.0 Å². The van der Waals surface area contributed by atoms with Crippen LogP contribution in [0, 0.1) is 5.92 Å². The number of hydrogen-bond donors (Lipinski definition) is 3. The van der Waals surface area contributed by atoms with Crippen molar-refractivity contribution in [2.24, 2.45) is 5.92 Å². The van der Waals surface area contributed by atoms with Crippen LogP contribution in [-0.2, 0) is 4.79 Å². The molecule has 3 N–H and O–H groups in total. The average molecular weight is 289 g/mol. The number of carbonyl (C=O) groups excluding carboxylic acids is 2. The van der Waals surface area contributed by atoms with Crippen LogP contribution in [0.5, 0.6) is 0 Å². The van der Waals surface area contributed by atoms with Gasteiger partial charge in [0.25, 0.3) is 5.91 Å². The van der Waals surface area contributed by atoms with Crippen molar-refractivity contribution in [1.29, 1.82) is 0 Å². The number of para-hydroxylation sites is 1. The summed E-state index contributed by atoms with van der Waals surface area (Å²) in [6, 6.07) is 6.95. The molecule has 0 spiro atoms. The minimum Gasteiger partial charge on any atom is -0.352 e. The first-order valence-electron chi connectivity index (χ1n) is 7.49. The molecule has 5 nitrogen and oxygen atoms in total. The highest BCUT2D eigenvalue weighted by Gasteiger charge is 2.23. The monoisotopic (exact) mass is 289 g/mol. The standard InChI is InChI=1S/C16H23N3O2/c1-11(2)10-18-15(20)12-6-3-4-7-13(12)19-16(21)14-8-5-9-17-14/h3-4,6-7,11,14,17H,5,8-10H2,1-2H3,(H,18,20)(H,19,21)/t14-/m0/s1. The van der Waals surface area contributed by atoms with Crippen LogP contribution in [-0.4, -0.2) is 30.9 Å². The van der Waals surface area contributed by atoms with E-state index < -0.39 is 0 Å². The van der Waals surface area contributed by atoms with E-state index in [-0.39, 0.29) is 17.9 Å². The third-order valence-corrected chi connectivity index (χ3v) is 3.48. The molecule has 1 aromatic rings. The second-order valence-electron chi connectivity index (χ2n) is 5.79. The zero-order valence-corrected chi connectivity index (χ0v) is 12.6. The van der Waals surface area contributed by atoms with E-state index in [2.05, 4.69) is 16.0 Å². The SMILES string of the molecule is CC(C)CNC(=O)c1ccccc1NC(=O)[C@@H]1CCCN1. The zero-order chi connectivity index (χ0) is 15.2. The van der Waals surface area contributed by atoms with E-state index in [0.717, 1.165) is 19.4 Å². The molecule has 21 heavy (non-hydrogen) atoms. The third-order valence-electron chi connectivity index (χ3n) is 3.48. The Hall–Kier alpha value is -1.88. The van der Waals surface area contributed by atoms with Crippen LogP contribution in [0.4, 0.5) is 5.69 Å². The van der Waals surface area contributed by atoms with Crippen LogP contribution in [0.2, 0.25) is 0 Å². The molecule has 1 aromatic carbocycles. The van der Waals surface area contributed by atoms with E-state index in [0.29, 0.717) is 23.7 Å². The summed E-state index contributed by atoms with van der Waals surface area (Å²) in [7, 11) is 0. The number of hydrogen-bond acceptors (Lipinski definition) is 3. The molecular weight excluding hydrogens is 266 g/mol. The third kappa shape index (κ3) is 4.29. The lowest BCUT2D eigenvalue weighted by Gasteiger charge is -2.15.